The van der Waals surface area contributed by atoms with Crippen LogP contribution in [0.4, 0.5) is 5.69 Å². The molecule has 1 fully saturated rings. The molecular formula is C25H35N5O4. The summed E-state index contributed by atoms with van der Waals surface area (Å²) in [7, 11) is 0. The van der Waals surface area contributed by atoms with Gasteiger partial charge in [0.1, 0.15) is 0 Å². The molecule has 1 aromatic heterocycles. The third kappa shape index (κ3) is 7.07. The Balaban J connectivity index is 1.65. The molecule has 0 saturated carbocycles. The third-order valence-electron chi connectivity index (χ3n) is 6.16. The summed E-state index contributed by atoms with van der Waals surface area (Å²) in [4.78, 5) is 38.7. The molecule has 2 aromatic rings. The number of carbonyl (C=O) groups excluding carboxylic acids is 2. The first-order valence-corrected chi connectivity index (χ1v) is 11.9. The Labute approximate surface area is 200 Å². The Morgan fingerprint density at radius 2 is 1.59 bits per heavy atom. The van der Waals surface area contributed by atoms with Gasteiger partial charge in [0, 0.05) is 56.8 Å². The van der Waals surface area contributed by atoms with Crippen LogP contribution >= 0.6 is 0 Å². The van der Waals surface area contributed by atoms with E-state index in [2.05, 4.69) is 16.1 Å². The van der Waals surface area contributed by atoms with Crippen molar-refractivity contribution in [3.8, 4) is 5.69 Å². The fourth-order valence-electron chi connectivity index (χ4n) is 4.37. The van der Waals surface area contributed by atoms with E-state index in [1.165, 1.54) is 0 Å². The number of aromatic nitrogens is 2. The second-order valence-electron chi connectivity index (χ2n) is 8.99. The molecule has 184 valence electrons. The van der Waals surface area contributed by atoms with Gasteiger partial charge in [-0.25, -0.2) is 4.68 Å². The van der Waals surface area contributed by atoms with Crippen LogP contribution in [0.2, 0.25) is 0 Å². The van der Waals surface area contributed by atoms with E-state index in [0.29, 0.717) is 45.4 Å². The lowest BCUT2D eigenvalue weighted by atomic mass is 10.1. The molecule has 1 aliphatic heterocycles. The highest BCUT2D eigenvalue weighted by molar-refractivity contribution is 5.76. The predicted octanol–water partition coefficient (Wildman–Crippen LogP) is 2.59. The summed E-state index contributed by atoms with van der Waals surface area (Å²) in [6.45, 7) is 6.68. The highest BCUT2D eigenvalue weighted by atomic mass is 16.4. The Morgan fingerprint density at radius 1 is 0.912 bits per heavy atom. The number of anilines is 1. The molecule has 0 aliphatic carbocycles. The number of carboxylic acids is 1. The number of benzene rings is 1. The molecule has 0 unspecified atom stereocenters. The number of amides is 2. The van der Waals surface area contributed by atoms with Gasteiger partial charge in [0.05, 0.1) is 11.4 Å². The molecule has 34 heavy (non-hydrogen) atoms. The van der Waals surface area contributed by atoms with Gasteiger partial charge in [-0.15, -0.1) is 0 Å². The maximum atomic E-state index is 12.6. The summed E-state index contributed by atoms with van der Waals surface area (Å²) in [5.41, 5.74) is 9.99. The van der Waals surface area contributed by atoms with Crippen LogP contribution in [-0.2, 0) is 20.8 Å². The fraction of sp³-hybridized carbons (Fsp3) is 0.520. The van der Waals surface area contributed by atoms with Crippen molar-refractivity contribution in [1.82, 2.24) is 14.7 Å². The number of hydrogen-bond acceptors (Lipinski definition) is 5. The number of aryl methyl sites for hydroxylation is 3. The van der Waals surface area contributed by atoms with E-state index in [4.69, 9.17) is 10.8 Å². The molecule has 1 aliphatic rings. The number of nitrogens with two attached hydrogens (primary N) is 1. The molecule has 1 saturated heterocycles. The number of hydrogen-bond donors (Lipinski definition) is 2. The highest BCUT2D eigenvalue weighted by Crippen LogP contribution is 2.25. The van der Waals surface area contributed by atoms with Gasteiger partial charge in [0.2, 0.25) is 11.8 Å². The summed E-state index contributed by atoms with van der Waals surface area (Å²) in [6.07, 6.45) is 3.71. The first-order valence-electron chi connectivity index (χ1n) is 11.9. The van der Waals surface area contributed by atoms with Gasteiger partial charge in [-0.3, -0.25) is 14.4 Å². The van der Waals surface area contributed by atoms with Gasteiger partial charge in [-0.2, -0.15) is 5.10 Å². The van der Waals surface area contributed by atoms with Crippen molar-refractivity contribution in [3.63, 3.8) is 0 Å². The minimum atomic E-state index is -0.820. The van der Waals surface area contributed by atoms with Crippen LogP contribution in [-0.4, -0.2) is 63.7 Å². The molecule has 0 spiro atoms. The van der Waals surface area contributed by atoms with Crippen LogP contribution in [0.25, 0.3) is 5.69 Å². The van der Waals surface area contributed by atoms with Crippen LogP contribution in [0.1, 0.15) is 55.5 Å². The number of nitrogens with zero attached hydrogens (tertiary/aromatic N) is 4. The van der Waals surface area contributed by atoms with Gasteiger partial charge in [0.15, 0.2) is 0 Å². The van der Waals surface area contributed by atoms with Crippen molar-refractivity contribution in [1.29, 1.82) is 0 Å². The zero-order valence-electron chi connectivity index (χ0n) is 20.1. The Bertz CT molecular complexity index is 1020. The zero-order chi connectivity index (χ0) is 24.7. The van der Waals surface area contributed by atoms with E-state index in [1.54, 1.807) is 0 Å². The van der Waals surface area contributed by atoms with E-state index in [0.717, 1.165) is 47.6 Å². The molecule has 3 rings (SSSR count). The second kappa shape index (κ2) is 11.7. The lowest BCUT2D eigenvalue weighted by Crippen LogP contribution is -2.48. The van der Waals surface area contributed by atoms with Crippen molar-refractivity contribution in [2.75, 3.05) is 31.1 Å². The Kier molecular flexibility index (Phi) is 8.67. The van der Waals surface area contributed by atoms with Gasteiger partial charge < -0.3 is 20.6 Å². The second-order valence-corrected chi connectivity index (χ2v) is 8.99. The summed E-state index contributed by atoms with van der Waals surface area (Å²) in [5.74, 6) is -0.965. The average molecular weight is 470 g/mol. The lowest BCUT2D eigenvalue weighted by molar-refractivity contribution is -0.137. The first-order chi connectivity index (χ1) is 16.2. The number of unbranched alkanes of at least 4 members (excludes halogenated alkanes) is 2. The standard InChI is InChI=1S/C25H35N5O4/c1-18-14-19(2)30(27-18)22-16-20(8-9-25(33)34)15-21(17-22)28-10-12-29(13-11-28)24(32)7-5-3-4-6-23(26)31/h14-17H,3-13H2,1-2H3,(H2,26,31)(H,33,34). The van der Waals surface area contributed by atoms with E-state index < -0.39 is 5.97 Å². The maximum Gasteiger partial charge on any atom is 0.303 e. The predicted molar refractivity (Wildman–Crippen MR) is 130 cm³/mol. The molecule has 1 aromatic carbocycles. The van der Waals surface area contributed by atoms with Crippen LogP contribution in [0.5, 0.6) is 0 Å². The quantitative estimate of drug-likeness (QED) is 0.488. The number of rotatable bonds is 11. The third-order valence-corrected chi connectivity index (χ3v) is 6.16. The summed E-state index contributed by atoms with van der Waals surface area (Å²) in [5, 5.41) is 13.7. The number of primary amides is 1. The molecular weight excluding hydrogens is 434 g/mol. The summed E-state index contributed by atoms with van der Waals surface area (Å²) >= 11 is 0. The normalized spacial score (nSPS) is 13.8. The largest absolute Gasteiger partial charge is 0.481 e. The van der Waals surface area contributed by atoms with Crippen molar-refractivity contribution >= 4 is 23.5 Å². The molecule has 9 heteroatoms. The van der Waals surface area contributed by atoms with Gasteiger partial charge in [-0.05, 0) is 62.9 Å². The molecule has 3 N–H and O–H groups in total. The number of carboxylic acid groups (broad SMARTS) is 1. The lowest BCUT2D eigenvalue weighted by Gasteiger charge is -2.36. The van der Waals surface area contributed by atoms with E-state index in [-0.39, 0.29) is 18.2 Å². The summed E-state index contributed by atoms with van der Waals surface area (Å²) in [6, 6.07) is 8.15. The fourth-order valence-corrected chi connectivity index (χ4v) is 4.37. The van der Waals surface area contributed by atoms with Crippen LogP contribution in [0.15, 0.2) is 24.3 Å². The minimum Gasteiger partial charge on any atom is -0.481 e. The van der Waals surface area contributed by atoms with Crippen molar-refractivity contribution in [3.05, 3.63) is 41.2 Å². The first kappa shape index (κ1) is 25.3. The molecule has 0 atom stereocenters. The highest BCUT2D eigenvalue weighted by Gasteiger charge is 2.22. The molecule has 2 amide bonds. The van der Waals surface area contributed by atoms with E-state index >= 15 is 0 Å². The SMILES string of the molecule is Cc1cc(C)n(-c2cc(CCC(=O)O)cc(N3CCN(C(=O)CCCCCC(N)=O)CC3)c2)n1. The van der Waals surface area contributed by atoms with E-state index in [1.807, 2.05) is 41.6 Å². The molecule has 0 bridgehead atoms. The minimum absolute atomic E-state index is 0.0712. The van der Waals surface area contributed by atoms with E-state index in [9.17, 15) is 14.4 Å². The monoisotopic (exact) mass is 469 g/mol. The Morgan fingerprint density at radius 3 is 2.21 bits per heavy atom. The number of aliphatic carboxylic acids is 1. The summed E-state index contributed by atoms with van der Waals surface area (Å²) < 4.78 is 1.89. The van der Waals surface area contributed by atoms with Gasteiger partial charge in [0.25, 0.3) is 0 Å². The molecule has 9 nitrogen and oxygen atoms in total. The van der Waals surface area contributed by atoms with Crippen molar-refractivity contribution in [2.45, 2.75) is 58.8 Å². The van der Waals surface area contributed by atoms with Crippen molar-refractivity contribution in [2.24, 2.45) is 5.73 Å². The number of piperazine rings is 1. The number of carbonyl (C=O) groups is 3. The zero-order valence-corrected chi connectivity index (χ0v) is 20.1. The smallest absolute Gasteiger partial charge is 0.303 e. The Hall–Kier alpha value is -3.36. The van der Waals surface area contributed by atoms with Gasteiger partial charge >= 0.3 is 5.97 Å². The van der Waals surface area contributed by atoms with Crippen LogP contribution in [0.3, 0.4) is 0 Å². The van der Waals surface area contributed by atoms with Crippen molar-refractivity contribution < 1.29 is 19.5 Å². The van der Waals surface area contributed by atoms with Crippen LogP contribution < -0.4 is 10.6 Å². The molecule has 2 heterocycles. The topological polar surface area (TPSA) is 122 Å². The van der Waals surface area contributed by atoms with Crippen LogP contribution in [0, 0.1) is 13.8 Å². The maximum absolute atomic E-state index is 12.6. The van der Waals surface area contributed by atoms with Gasteiger partial charge in [-0.1, -0.05) is 6.42 Å². The average Bonchev–Trinajstić information content (AvgIpc) is 3.15. The molecule has 0 radical (unpaired) electrons.